The second-order valence-corrected chi connectivity index (χ2v) is 1.50. The predicted molar refractivity (Wildman–Crippen MR) is 31.7 cm³/mol. The van der Waals surface area contributed by atoms with Crippen LogP contribution in [0, 0.1) is 0 Å². The summed E-state index contributed by atoms with van der Waals surface area (Å²) in [5.41, 5.74) is 0. The average molecular weight is 121 g/mol. The Morgan fingerprint density at radius 3 is 2.57 bits per heavy atom. The number of aliphatic hydroxyl groups is 1. The number of halogens is 1. The molecular weight excluding hydrogens is 112 g/mol. The van der Waals surface area contributed by atoms with Crippen LogP contribution >= 0.6 is 11.6 Å². The zero-order chi connectivity index (χ0) is 5.70. The van der Waals surface area contributed by atoms with E-state index < -0.39 is 0 Å². The molecule has 0 saturated heterocycles. The molecule has 0 amide bonds. The maximum atomic E-state index is 8.59. The summed E-state index contributed by atoms with van der Waals surface area (Å²) < 4.78 is 0. The monoisotopic (exact) mass is 120 g/mol. The molecule has 0 atom stereocenters. The Kier molecular flexibility index (Phi) is 3.90. The number of alkyl halides is 1. The fraction of sp³-hybridized carbons (Fsp3) is 0.600. The number of allylic oxidation sites excluding steroid dienone is 2. The highest BCUT2D eigenvalue weighted by atomic mass is 35.5. The first-order chi connectivity index (χ1) is 3.31. The molecule has 0 saturated carbocycles. The summed E-state index contributed by atoms with van der Waals surface area (Å²) in [7, 11) is 0. The van der Waals surface area contributed by atoms with Crippen LogP contribution in [0.15, 0.2) is 11.8 Å². The fourth-order valence-electron chi connectivity index (χ4n) is 0.290. The molecule has 0 aromatic heterocycles. The summed E-state index contributed by atoms with van der Waals surface area (Å²) >= 11 is 5.21. The Bertz CT molecular complexity index is 68.5. The highest BCUT2D eigenvalue weighted by Crippen LogP contribution is 1.92. The van der Waals surface area contributed by atoms with E-state index in [1.165, 1.54) is 0 Å². The molecule has 0 spiro atoms. The van der Waals surface area contributed by atoms with Gasteiger partial charge in [0.05, 0.1) is 5.88 Å². The molecule has 0 fully saturated rings. The molecule has 1 nitrogen and oxygen atoms in total. The van der Waals surface area contributed by atoms with Gasteiger partial charge < -0.3 is 5.11 Å². The molecule has 0 aliphatic carbocycles. The molecule has 0 aliphatic heterocycles. The lowest BCUT2D eigenvalue weighted by Gasteiger charge is -1.86. The van der Waals surface area contributed by atoms with Gasteiger partial charge in [0, 0.05) is 0 Å². The third-order valence-corrected chi connectivity index (χ3v) is 0.850. The van der Waals surface area contributed by atoms with Crippen LogP contribution in [0.25, 0.3) is 0 Å². The average Bonchev–Trinajstić information content (AvgIpc) is 1.68. The minimum Gasteiger partial charge on any atom is -0.511 e. The highest BCUT2D eigenvalue weighted by molar-refractivity contribution is 6.19. The van der Waals surface area contributed by atoms with Gasteiger partial charge in [-0.05, 0) is 12.5 Å². The van der Waals surface area contributed by atoms with Gasteiger partial charge >= 0.3 is 0 Å². The van der Waals surface area contributed by atoms with E-state index in [1.54, 1.807) is 6.08 Å². The zero-order valence-corrected chi connectivity index (χ0v) is 5.07. The molecule has 0 bridgehead atoms. The van der Waals surface area contributed by atoms with Gasteiger partial charge in [0.25, 0.3) is 0 Å². The Balaban J connectivity index is 3.29. The topological polar surface area (TPSA) is 20.2 Å². The van der Waals surface area contributed by atoms with Crippen LogP contribution in [0.4, 0.5) is 0 Å². The van der Waals surface area contributed by atoms with Gasteiger partial charge in [-0.1, -0.05) is 6.92 Å². The summed E-state index contributed by atoms with van der Waals surface area (Å²) in [6.07, 6.45) is 2.53. The Hall–Kier alpha value is -0.170. The Morgan fingerprint density at radius 2 is 2.43 bits per heavy atom. The lowest BCUT2D eigenvalue weighted by atomic mass is 10.4. The van der Waals surface area contributed by atoms with Crippen molar-refractivity contribution in [3.8, 4) is 0 Å². The van der Waals surface area contributed by atoms with Crippen LogP contribution in [-0.2, 0) is 0 Å². The SMILES string of the molecule is CCC=C(O)CCl. The van der Waals surface area contributed by atoms with E-state index in [-0.39, 0.29) is 11.6 Å². The van der Waals surface area contributed by atoms with Crippen LogP contribution in [0.1, 0.15) is 13.3 Å². The van der Waals surface area contributed by atoms with Crippen molar-refractivity contribution in [2.45, 2.75) is 13.3 Å². The summed E-state index contributed by atoms with van der Waals surface area (Å²) in [5, 5.41) is 8.59. The maximum Gasteiger partial charge on any atom is 0.103 e. The largest absolute Gasteiger partial charge is 0.511 e. The van der Waals surface area contributed by atoms with Gasteiger partial charge in [-0.25, -0.2) is 0 Å². The van der Waals surface area contributed by atoms with Crippen molar-refractivity contribution in [2.75, 3.05) is 5.88 Å². The quantitative estimate of drug-likeness (QED) is 0.437. The van der Waals surface area contributed by atoms with E-state index in [1.807, 2.05) is 6.92 Å². The summed E-state index contributed by atoms with van der Waals surface area (Å²) in [5.74, 6) is 0.498. The van der Waals surface area contributed by atoms with E-state index in [9.17, 15) is 0 Å². The third kappa shape index (κ3) is 3.67. The second kappa shape index (κ2) is 4.00. The van der Waals surface area contributed by atoms with E-state index in [4.69, 9.17) is 16.7 Å². The number of hydrogen-bond donors (Lipinski definition) is 1. The van der Waals surface area contributed by atoms with Gasteiger partial charge in [0.15, 0.2) is 0 Å². The molecule has 2 heteroatoms. The molecule has 0 unspecified atom stereocenters. The van der Waals surface area contributed by atoms with E-state index in [0.717, 1.165) is 6.42 Å². The summed E-state index contributed by atoms with van der Waals surface area (Å²) in [6, 6.07) is 0. The first-order valence-corrected chi connectivity index (χ1v) is 2.78. The van der Waals surface area contributed by atoms with Crippen molar-refractivity contribution in [2.24, 2.45) is 0 Å². The van der Waals surface area contributed by atoms with Crippen LogP contribution in [0.5, 0.6) is 0 Å². The predicted octanol–water partition coefficient (Wildman–Crippen LogP) is 2.08. The minimum atomic E-state index is 0.230. The van der Waals surface area contributed by atoms with E-state index in [0.29, 0.717) is 0 Å². The molecule has 0 aliphatic rings. The standard InChI is InChI=1S/C5H9ClO/c1-2-3-5(7)4-6/h3,7H,2,4H2,1H3. The summed E-state index contributed by atoms with van der Waals surface area (Å²) in [6.45, 7) is 1.95. The van der Waals surface area contributed by atoms with E-state index in [2.05, 4.69) is 0 Å². The first-order valence-electron chi connectivity index (χ1n) is 2.25. The maximum absolute atomic E-state index is 8.59. The van der Waals surface area contributed by atoms with Crippen LogP contribution in [-0.4, -0.2) is 11.0 Å². The molecule has 0 aromatic carbocycles. The van der Waals surface area contributed by atoms with Gasteiger partial charge in [-0.2, -0.15) is 0 Å². The molecule has 0 rings (SSSR count). The lowest BCUT2D eigenvalue weighted by Crippen LogP contribution is -1.78. The number of hydrogen-bond acceptors (Lipinski definition) is 1. The molecule has 0 radical (unpaired) electrons. The van der Waals surface area contributed by atoms with Crippen molar-refractivity contribution < 1.29 is 5.11 Å². The van der Waals surface area contributed by atoms with Gasteiger partial charge in [-0.3, -0.25) is 0 Å². The lowest BCUT2D eigenvalue weighted by molar-refractivity contribution is 0.413. The highest BCUT2D eigenvalue weighted by Gasteiger charge is 1.82. The van der Waals surface area contributed by atoms with Crippen molar-refractivity contribution in [3.05, 3.63) is 11.8 Å². The van der Waals surface area contributed by atoms with Gasteiger partial charge in [0.1, 0.15) is 5.76 Å². The third-order valence-electron chi connectivity index (χ3n) is 0.577. The van der Waals surface area contributed by atoms with E-state index >= 15 is 0 Å². The van der Waals surface area contributed by atoms with Crippen LogP contribution in [0.3, 0.4) is 0 Å². The van der Waals surface area contributed by atoms with Crippen LogP contribution < -0.4 is 0 Å². The van der Waals surface area contributed by atoms with Crippen molar-refractivity contribution in [1.29, 1.82) is 0 Å². The minimum absolute atomic E-state index is 0.230. The molecule has 0 aromatic rings. The van der Waals surface area contributed by atoms with Gasteiger partial charge in [-0.15, -0.1) is 11.6 Å². The Labute approximate surface area is 48.6 Å². The fourth-order valence-corrected chi connectivity index (χ4v) is 0.399. The molecular formula is C5H9ClO. The smallest absolute Gasteiger partial charge is 0.103 e. The molecule has 7 heavy (non-hydrogen) atoms. The molecule has 0 heterocycles. The van der Waals surface area contributed by atoms with Crippen molar-refractivity contribution >= 4 is 11.6 Å². The second-order valence-electron chi connectivity index (χ2n) is 1.24. The molecule has 42 valence electrons. The first kappa shape index (κ1) is 6.83. The normalized spacial score (nSPS) is 12.0. The number of aliphatic hydroxyl groups excluding tert-OH is 1. The molecule has 1 N–H and O–H groups in total. The van der Waals surface area contributed by atoms with Crippen molar-refractivity contribution in [3.63, 3.8) is 0 Å². The number of rotatable bonds is 2. The van der Waals surface area contributed by atoms with Crippen molar-refractivity contribution in [1.82, 2.24) is 0 Å². The van der Waals surface area contributed by atoms with Crippen LogP contribution in [0.2, 0.25) is 0 Å². The Morgan fingerprint density at radius 1 is 1.86 bits per heavy atom. The summed E-state index contributed by atoms with van der Waals surface area (Å²) in [4.78, 5) is 0. The van der Waals surface area contributed by atoms with Gasteiger partial charge in [0.2, 0.25) is 0 Å². The zero-order valence-electron chi connectivity index (χ0n) is 4.32.